The van der Waals surface area contributed by atoms with E-state index in [9.17, 15) is 0 Å². The fourth-order valence-corrected chi connectivity index (χ4v) is 4.10. The summed E-state index contributed by atoms with van der Waals surface area (Å²) in [6, 6.07) is 18.4. The summed E-state index contributed by atoms with van der Waals surface area (Å²) in [5.41, 5.74) is 9.02. The molecule has 6 heteroatoms. The van der Waals surface area contributed by atoms with E-state index in [4.69, 9.17) is 15.5 Å². The second-order valence-corrected chi connectivity index (χ2v) is 8.07. The molecule has 2 heterocycles. The highest BCUT2D eigenvalue weighted by atomic mass is 16.5. The van der Waals surface area contributed by atoms with Crippen LogP contribution in [0.1, 0.15) is 24.6 Å². The van der Waals surface area contributed by atoms with Crippen molar-refractivity contribution in [3.8, 4) is 22.8 Å². The largest absolute Gasteiger partial charge is 0.457 e. The van der Waals surface area contributed by atoms with Crippen molar-refractivity contribution in [3.63, 3.8) is 0 Å². The highest BCUT2D eigenvalue weighted by molar-refractivity contribution is 5.85. The molecule has 0 aliphatic heterocycles. The maximum atomic E-state index is 6.27. The minimum Gasteiger partial charge on any atom is -0.457 e. The van der Waals surface area contributed by atoms with Gasteiger partial charge in [-0.2, -0.15) is 0 Å². The van der Waals surface area contributed by atoms with E-state index in [0.29, 0.717) is 17.8 Å². The number of nitrogen functional groups attached to an aromatic ring is 1. The second kappa shape index (κ2) is 7.46. The number of ether oxygens (including phenoxy) is 1. The quantitative estimate of drug-likeness (QED) is 0.532. The van der Waals surface area contributed by atoms with E-state index in [0.717, 1.165) is 46.9 Å². The number of anilines is 1. The molecule has 0 spiro atoms. The molecule has 2 N–H and O–H groups in total. The maximum Gasteiger partial charge on any atom is 0.150 e. The molecule has 0 unspecified atom stereocenters. The summed E-state index contributed by atoms with van der Waals surface area (Å²) in [5, 5.41) is 0. The Morgan fingerprint density at radius 2 is 1.70 bits per heavy atom. The Morgan fingerprint density at radius 1 is 1.00 bits per heavy atom. The molecule has 0 radical (unpaired) electrons. The number of nitrogens with zero attached hydrogens (tertiary/aromatic N) is 4. The summed E-state index contributed by atoms with van der Waals surface area (Å²) in [5.74, 6) is 3.60. The number of para-hydroxylation sites is 1. The molecule has 5 rings (SSSR count). The van der Waals surface area contributed by atoms with Crippen LogP contribution >= 0.6 is 0 Å². The summed E-state index contributed by atoms with van der Waals surface area (Å²) >= 11 is 0. The lowest BCUT2D eigenvalue weighted by molar-refractivity contribution is 0.161. The van der Waals surface area contributed by atoms with Gasteiger partial charge < -0.3 is 15.4 Å². The molecular weight excluding hydrogens is 374 g/mol. The van der Waals surface area contributed by atoms with E-state index < -0.39 is 0 Å². The molecule has 6 nitrogen and oxygen atoms in total. The van der Waals surface area contributed by atoms with Crippen molar-refractivity contribution in [2.45, 2.75) is 24.8 Å². The standard InChI is InChI=1S/C24H25N5O/c1-28(2)18-14-17(15-18)24-27-21(22-23(25)26-12-13-29(22)24)16-8-10-20(11-9-16)30-19-6-4-3-5-7-19/h3-13,17-18H,14-15H2,1-2H3,(H2,25,26). The predicted molar refractivity (Wildman–Crippen MR) is 119 cm³/mol. The molecule has 152 valence electrons. The third-order valence-electron chi connectivity index (χ3n) is 5.93. The average molecular weight is 399 g/mol. The van der Waals surface area contributed by atoms with Crippen LogP contribution in [0.15, 0.2) is 67.0 Å². The summed E-state index contributed by atoms with van der Waals surface area (Å²) in [4.78, 5) is 11.6. The zero-order valence-electron chi connectivity index (χ0n) is 17.2. The van der Waals surface area contributed by atoms with Gasteiger partial charge in [-0.3, -0.25) is 4.40 Å². The molecule has 0 saturated heterocycles. The van der Waals surface area contributed by atoms with Gasteiger partial charge in [0.15, 0.2) is 0 Å². The number of fused-ring (bicyclic) bond motifs is 1. The molecule has 4 aromatic rings. The van der Waals surface area contributed by atoms with Crippen LogP contribution in [0.4, 0.5) is 5.82 Å². The lowest BCUT2D eigenvalue weighted by Gasteiger charge is -2.38. The van der Waals surface area contributed by atoms with Crippen molar-refractivity contribution in [2.75, 3.05) is 19.8 Å². The third-order valence-corrected chi connectivity index (χ3v) is 5.93. The summed E-state index contributed by atoms with van der Waals surface area (Å²) in [7, 11) is 4.27. The normalized spacial score (nSPS) is 18.5. The van der Waals surface area contributed by atoms with Crippen LogP contribution in [0.5, 0.6) is 11.5 Å². The van der Waals surface area contributed by atoms with E-state index in [1.54, 1.807) is 6.20 Å². The number of rotatable bonds is 5. The first-order valence-electron chi connectivity index (χ1n) is 10.2. The molecule has 1 fully saturated rings. The first kappa shape index (κ1) is 18.6. The van der Waals surface area contributed by atoms with E-state index in [-0.39, 0.29) is 0 Å². The SMILES string of the molecule is CN(C)C1CC(c2nc(-c3ccc(Oc4ccccc4)cc3)c3c(N)nccn23)C1. The van der Waals surface area contributed by atoms with Gasteiger partial charge in [-0.05, 0) is 63.3 Å². The molecule has 2 aromatic carbocycles. The Bertz CT molecular complexity index is 1160. The van der Waals surface area contributed by atoms with Crippen LogP contribution in [0, 0.1) is 0 Å². The molecule has 30 heavy (non-hydrogen) atoms. The smallest absolute Gasteiger partial charge is 0.150 e. The van der Waals surface area contributed by atoms with Crippen LogP contribution < -0.4 is 10.5 Å². The van der Waals surface area contributed by atoms with Gasteiger partial charge in [-0.1, -0.05) is 18.2 Å². The van der Waals surface area contributed by atoms with Crippen LogP contribution in [0.3, 0.4) is 0 Å². The van der Waals surface area contributed by atoms with Crippen molar-refractivity contribution >= 4 is 11.3 Å². The van der Waals surface area contributed by atoms with Gasteiger partial charge in [-0.25, -0.2) is 9.97 Å². The molecule has 0 bridgehead atoms. The first-order valence-corrected chi connectivity index (χ1v) is 10.2. The summed E-state index contributed by atoms with van der Waals surface area (Å²) in [6.07, 6.45) is 5.93. The van der Waals surface area contributed by atoms with Crippen LogP contribution in [0.25, 0.3) is 16.8 Å². The van der Waals surface area contributed by atoms with Crippen molar-refractivity contribution in [2.24, 2.45) is 0 Å². The van der Waals surface area contributed by atoms with Gasteiger partial charge >= 0.3 is 0 Å². The minimum atomic E-state index is 0.432. The number of aromatic nitrogens is 3. The second-order valence-electron chi connectivity index (χ2n) is 8.07. The number of hydrogen-bond acceptors (Lipinski definition) is 5. The molecule has 0 amide bonds. The fraction of sp³-hybridized carbons (Fsp3) is 0.250. The van der Waals surface area contributed by atoms with E-state index in [1.807, 2.05) is 60.8 Å². The Kier molecular flexibility index (Phi) is 4.64. The van der Waals surface area contributed by atoms with E-state index in [1.165, 1.54) is 0 Å². The zero-order valence-corrected chi connectivity index (χ0v) is 17.2. The molecule has 1 aliphatic carbocycles. The predicted octanol–water partition coefficient (Wildman–Crippen LogP) is 4.58. The molecular formula is C24H25N5O. The number of benzene rings is 2. The molecule has 1 saturated carbocycles. The van der Waals surface area contributed by atoms with Gasteiger partial charge in [0, 0.05) is 29.9 Å². The summed E-state index contributed by atoms with van der Waals surface area (Å²) in [6.45, 7) is 0. The highest BCUT2D eigenvalue weighted by Crippen LogP contribution is 2.41. The monoisotopic (exact) mass is 399 g/mol. The van der Waals surface area contributed by atoms with E-state index in [2.05, 4.69) is 28.4 Å². The third kappa shape index (κ3) is 3.29. The number of hydrogen-bond donors (Lipinski definition) is 1. The van der Waals surface area contributed by atoms with Crippen molar-refractivity contribution in [1.29, 1.82) is 0 Å². The lowest BCUT2D eigenvalue weighted by Crippen LogP contribution is -2.39. The number of imidazole rings is 1. The zero-order chi connectivity index (χ0) is 20.7. The molecule has 2 aromatic heterocycles. The van der Waals surface area contributed by atoms with Gasteiger partial charge in [0.25, 0.3) is 0 Å². The Balaban J connectivity index is 1.48. The van der Waals surface area contributed by atoms with Crippen molar-refractivity contribution in [3.05, 3.63) is 72.8 Å². The minimum absolute atomic E-state index is 0.432. The van der Waals surface area contributed by atoms with Gasteiger partial charge in [0.1, 0.15) is 34.4 Å². The van der Waals surface area contributed by atoms with Crippen LogP contribution in [-0.2, 0) is 0 Å². The topological polar surface area (TPSA) is 68.7 Å². The lowest BCUT2D eigenvalue weighted by atomic mass is 9.79. The van der Waals surface area contributed by atoms with E-state index >= 15 is 0 Å². The van der Waals surface area contributed by atoms with Crippen molar-refractivity contribution < 1.29 is 4.74 Å². The Morgan fingerprint density at radius 3 is 2.40 bits per heavy atom. The Labute approximate surface area is 176 Å². The first-order chi connectivity index (χ1) is 14.6. The number of nitrogens with two attached hydrogens (primary N) is 1. The van der Waals surface area contributed by atoms with Crippen LogP contribution in [-0.4, -0.2) is 39.4 Å². The maximum absolute atomic E-state index is 6.27. The molecule has 1 aliphatic rings. The summed E-state index contributed by atoms with van der Waals surface area (Å²) < 4.78 is 8.03. The van der Waals surface area contributed by atoms with Gasteiger partial charge in [0.05, 0.1) is 0 Å². The highest BCUT2D eigenvalue weighted by Gasteiger charge is 2.35. The van der Waals surface area contributed by atoms with Crippen molar-refractivity contribution in [1.82, 2.24) is 19.3 Å². The average Bonchev–Trinajstić information content (AvgIpc) is 3.09. The Hall–Kier alpha value is -3.38. The van der Waals surface area contributed by atoms with Gasteiger partial charge in [-0.15, -0.1) is 0 Å². The van der Waals surface area contributed by atoms with Gasteiger partial charge in [0.2, 0.25) is 0 Å². The van der Waals surface area contributed by atoms with Crippen LogP contribution in [0.2, 0.25) is 0 Å². The fourth-order valence-electron chi connectivity index (χ4n) is 4.10. The molecule has 0 atom stereocenters.